The quantitative estimate of drug-likeness (QED) is 0.788. The molecule has 18 heavy (non-hydrogen) atoms. The molecule has 0 saturated heterocycles. The average molecular weight is 260 g/mol. The summed E-state index contributed by atoms with van der Waals surface area (Å²) in [5.41, 5.74) is 4.09. The second-order valence-corrected chi connectivity index (χ2v) is 4.92. The van der Waals surface area contributed by atoms with Gasteiger partial charge in [-0.15, -0.1) is 0 Å². The Balaban J connectivity index is 3.01. The van der Waals surface area contributed by atoms with Crippen LogP contribution in [0.5, 0.6) is 0 Å². The third kappa shape index (κ3) is 1.79. The number of nitrogens with zero attached hydrogens (tertiary/aromatic N) is 3. The highest BCUT2D eigenvalue weighted by Gasteiger charge is 2.15. The maximum absolute atomic E-state index is 9.18. The van der Waals surface area contributed by atoms with E-state index in [2.05, 4.69) is 11.1 Å². The monoisotopic (exact) mass is 259 g/mol. The normalized spacial score (nSPS) is 10.4. The number of anilines is 1. The summed E-state index contributed by atoms with van der Waals surface area (Å²) >= 11 is 6.12. The fourth-order valence-electron chi connectivity index (χ4n) is 2.21. The standard InChI is InChI=1S/C14H14ClN3/c1-8-11(15)6-5-10-13(8)17-12(7-16)9(2)14(10)18(3)4/h5-6H,1-4H3. The molecule has 3 nitrogen and oxygen atoms in total. The summed E-state index contributed by atoms with van der Waals surface area (Å²) in [4.78, 5) is 6.43. The molecule has 0 amide bonds. The topological polar surface area (TPSA) is 39.9 Å². The van der Waals surface area contributed by atoms with Gasteiger partial charge in [-0.05, 0) is 31.5 Å². The molecule has 0 fully saturated rings. The molecular formula is C14H14ClN3. The lowest BCUT2D eigenvalue weighted by atomic mass is 10.0. The molecule has 1 heterocycles. The molecule has 0 spiro atoms. The van der Waals surface area contributed by atoms with Crippen LogP contribution in [-0.2, 0) is 0 Å². The van der Waals surface area contributed by atoms with E-state index in [-0.39, 0.29) is 0 Å². The van der Waals surface area contributed by atoms with Gasteiger partial charge < -0.3 is 4.90 Å². The number of aromatic nitrogens is 1. The molecule has 0 unspecified atom stereocenters. The summed E-state index contributed by atoms with van der Waals surface area (Å²) < 4.78 is 0. The molecule has 0 bridgehead atoms. The zero-order chi connectivity index (χ0) is 13.4. The lowest BCUT2D eigenvalue weighted by Gasteiger charge is -2.19. The van der Waals surface area contributed by atoms with Gasteiger partial charge in [0.15, 0.2) is 0 Å². The van der Waals surface area contributed by atoms with Gasteiger partial charge in [-0.3, -0.25) is 0 Å². The number of pyridine rings is 1. The maximum atomic E-state index is 9.18. The van der Waals surface area contributed by atoms with Crippen LogP contribution in [0.25, 0.3) is 10.9 Å². The van der Waals surface area contributed by atoms with E-state index in [0.717, 1.165) is 27.7 Å². The fraction of sp³-hybridized carbons (Fsp3) is 0.286. The minimum atomic E-state index is 0.455. The Bertz CT molecular complexity index is 669. The Morgan fingerprint density at radius 1 is 1.22 bits per heavy atom. The Morgan fingerprint density at radius 3 is 2.44 bits per heavy atom. The van der Waals surface area contributed by atoms with Crippen molar-refractivity contribution in [1.82, 2.24) is 4.98 Å². The number of halogens is 1. The Labute approximate surface area is 112 Å². The molecule has 0 N–H and O–H groups in total. The summed E-state index contributed by atoms with van der Waals surface area (Å²) in [6, 6.07) is 5.98. The average Bonchev–Trinajstić information content (AvgIpc) is 2.33. The largest absolute Gasteiger partial charge is 0.377 e. The molecule has 0 radical (unpaired) electrons. The van der Waals surface area contributed by atoms with Crippen molar-refractivity contribution in [1.29, 1.82) is 5.26 Å². The van der Waals surface area contributed by atoms with E-state index >= 15 is 0 Å². The summed E-state index contributed by atoms with van der Waals surface area (Å²) in [5.74, 6) is 0. The van der Waals surface area contributed by atoms with Gasteiger partial charge in [-0.1, -0.05) is 11.6 Å². The SMILES string of the molecule is Cc1c(C#N)nc2c(C)c(Cl)ccc2c1N(C)C. The second kappa shape index (κ2) is 4.47. The zero-order valence-electron chi connectivity index (χ0n) is 10.9. The van der Waals surface area contributed by atoms with Gasteiger partial charge in [-0.2, -0.15) is 5.26 Å². The summed E-state index contributed by atoms with van der Waals surface area (Å²) in [6.07, 6.45) is 0. The maximum Gasteiger partial charge on any atom is 0.146 e. The third-order valence-corrected chi connectivity index (χ3v) is 3.52. The van der Waals surface area contributed by atoms with Gasteiger partial charge in [0.2, 0.25) is 0 Å². The molecule has 0 aliphatic rings. The first-order valence-corrected chi connectivity index (χ1v) is 6.02. The number of nitriles is 1. The molecule has 2 aromatic rings. The molecule has 1 aromatic carbocycles. The Morgan fingerprint density at radius 2 is 1.89 bits per heavy atom. The lowest BCUT2D eigenvalue weighted by molar-refractivity contribution is 1.11. The first-order valence-electron chi connectivity index (χ1n) is 5.64. The van der Waals surface area contributed by atoms with Gasteiger partial charge >= 0.3 is 0 Å². The number of aryl methyl sites for hydroxylation is 1. The minimum absolute atomic E-state index is 0.455. The Hall–Kier alpha value is -1.79. The molecular weight excluding hydrogens is 246 g/mol. The first-order chi connectivity index (χ1) is 8.47. The van der Waals surface area contributed by atoms with Crippen LogP contribution in [0.15, 0.2) is 12.1 Å². The first kappa shape index (κ1) is 12.7. The van der Waals surface area contributed by atoms with E-state index in [1.165, 1.54) is 0 Å². The molecule has 92 valence electrons. The number of hydrogen-bond donors (Lipinski definition) is 0. The molecule has 0 saturated carbocycles. The van der Waals surface area contributed by atoms with E-state index in [1.807, 2.05) is 45.0 Å². The van der Waals surface area contributed by atoms with Crippen molar-refractivity contribution in [2.75, 3.05) is 19.0 Å². The van der Waals surface area contributed by atoms with Crippen LogP contribution in [0.4, 0.5) is 5.69 Å². The molecule has 0 aliphatic carbocycles. The van der Waals surface area contributed by atoms with Crippen molar-refractivity contribution >= 4 is 28.2 Å². The molecule has 0 atom stereocenters. The van der Waals surface area contributed by atoms with Crippen molar-refractivity contribution < 1.29 is 0 Å². The van der Waals surface area contributed by atoms with E-state index in [9.17, 15) is 5.26 Å². The van der Waals surface area contributed by atoms with Crippen LogP contribution < -0.4 is 4.90 Å². The molecule has 0 aliphatic heterocycles. The van der Waals surface area contributed by atoms with E-state index in [4.69, 9.17) is 11.6 Å². The number of rotatable bonds is 1. The van der Waals surface area contributed by atoms with Crippen LogP contribution in [-0.4, -0.2) is 19.1 Å². The van der Waals surface area contributed by atoms with Crippen molar-refractivity contribution in [3.63, 3.8) is 0 Å². The van der Waals surface area contributed by atoms with E-state index < -0.39 is 0 Å². The van der Waals surface area contributed by atoms with Gasteiger partial charge in [-0.25, -0.2) is 4.98 Å². The summed E-state index contributed by atoms with van der Waals surface area (Å²) in [5, 5.41) is 10.9. The van der Waals surface area contributed by atoms with Gasteiger partial charge in [0.1, 0.15) is 11.8 Å². The Kier molecular flexibility index (Phi) is 3.14. The fourth-order valence-corrected chi connectivity index (χ4v) is 2.36. The smallest absolute Gasteiger partial charge is 0.146 e. The highest BCUT2D eigenvalue weighted by Crippen LogP contribution is 2.33. The van der Waals surface area contributed by atoms with Crippen LogP contribution in [0, 0.1) is 25.2 Å². The lowest BCUT2D eigenvalue weighted by Crippen LogP contribution is -2.12. The van der Waals surface area contributed by atoms with Crippen LogP contribution >= 0.6 is 11.6 Å². The predicted molar refractivity (Wildman–Crippen MR) is 75.3 cm³/mol. The van der Waals surface area contributed by atoms with Gasteiger partial charge in [0.25, 0.3) is 0 Å². The minimum Gasteiger partial charge on any atom is -0.377 e. The molecule has 1 aromatic heterocycles. The second-order valence-electron chi connectivity index (χ2n) is 4.51. The predicted octanol–water partition coefficient (Wildman–Crippen LogP) is 3.44. The van der Waals surface area contributed by atoms with Crippen molar-refractivity contribution in [3.05, 3.63) is 34.0 Å². The third-order valence-electron chi connectivity index (χ3n) is 3.11. The van der Waals surface area contributed by atoms with Crippen molar-refractivity contribution in [3.8, 4) is 6.07 Å². The molecule has 2 rings (SSSR count). The zero-order valence-corrected chi connectivity index (χ0v) is 11.6. The highest BCUT2D eigenvalue weighted by molar-refractivity contribution is 6.32. The van der Waals surface area contributed by atoms with Gasteiger partial charge in [0.05, 0.1) is 11.2 Å². The van der Waals surface area contributed by atoms with E-state index in [0.29, 0.717) is 10.7 Å². The van der Waals surface area contributed by atoms with Crippen molar-refractivity contribution in [2.24, 2.45) is 0 Å². The van der Waals surface area contributed by atoms with Crippen LogP contribution in [0.3, 0.4) is 0 Å². The highest BCUT2D eigenvalue weighted by atomic mass is 35.5. The summed E-state index contributed by atoms with van der Waals surface area (Å²) in [6.45, 7) is 3.85. The number of hydrogen-bond acceptors (Lipinski definition) is 3. The van der Waals surface area contributed by atoms with Crippen LogP contribution in [0.1, 0.15) is 16.8 Å². The summed E-state index contributed by atoms with van der Waals surface area (Å²) in [7, 11) is 3.93. The van der Waals surface area contributed by atoms with E-state index in [1.54, 1.807) is 0 Å². The van der Waals surface area contributed by atoms with Gasteiger partial charge in [0, 0.05) is 30.1 Å². The number of fused-ring (bicyclic) bond motifs is 1. The van der Waals surface area contributed by atoms with Crippen LogP contribution in [0.2, 0.25) is 5.02 Å². The molecule has 4 heteroatoms. The van der Waals surface area contributed by atoms with Crippen molar-refractivity contribution in [2.45, 2.75) is 13.8 Å². The number of benzene rings is 1.